The lowest BCUT2D eigenvalue weighted by atomic mass is 10.1. The maximum Gasteiger partial charge on any atom is 0.122 e. The molecule has 0 saturated heterocycles. The van der Waals surface area contributed by atoms with Crippen LogP contribution in [0, 0.1) is 0 Å². The molecule has 3 nitrogen and oxygen atoms in total. The van der Waals surface area contributed by atoms with Gasteiger partial charge in [-0.3, -0.25) is 4.90 Å². The van der Waals surface area contributed by atoms with Crippen molar-refractivity contribution in [3.05, 3.63) is 59.0 Å². The van der Waals surface area contributed by atoms with Crippen molar-refractivity contribution in [3.63, 3.8) is 0 Å². The minimum atomic E-state index is 0.891. The fourth-order valence-corrected chi connectivity index (χ4v) is 2.64. The molecule has 0 saturated carbocycles. The molecule has 0 fully saturated rings. The monoisotopic (exact) mass is 256 g/mol. The summed E-state index contributed by atoms with van der Waals surface area (Å²) >= 11 is 0. The van der Waals surface area contributed by atoms with Crippen molar-refractivity contribution < 1.29 is 4.42 Å². The number of benzene rings is 1. The molecule has 1 aromatic carbocycles. The van der Waals surface area contributed by atoms with E-state index >= 15 is 0 Å². The van der Waals surface area contributed by atoms with Gasteiger partial charge in [0.2, 0.25) is 0 Å². The number of nitrogens with one attached hydrogen (secondary N) is 1. The summed E-state index contributed by atoms with van der Waals surface area (Å²) in [5.74, 6) is 1.09. The predicted octanol–water partition coefficient (Wildman–Crippen LogP) is 2.90. The normalized spacial score (nSPS) is 14.8. The van der Waals surface area contributed by atoms with E-state index in [0.717, 1.165) is 38.5 Å². The van der Waals surface area contributed by atoms with Crippen LogP contribution in [0.4, 0.5) is 0 Å². The van der Waals surface area contributed by atoms with Gasteiger partial charge in [0.25, 0.3) is 0 Å². The van der Waals surface area contributed by atoms with Gasteiger partial charge in [-0.1, -0.05) is 31.2 Å². The molecule has 0 bridgehead atoms. The van der Waals surface area contributed by atoms with E-state index in [1.54, 1.807) is 6.26 Å². The molecule has 0 spiro atoms. The van der Waals surface area contributed by atoms with Crippen molar-refractivity contribution in [2.24, 2.45) is 0 Å². The van der Waals surface area contributed by atoms with Gasteiger partial charge >= 0.3 is 0 Å². The molecule has 0 radical (unpaired) electrons. The van der Waals surface area contributed by atoms with Crippen LogP contribution in [-0.2, 0) is 26.2 Å². The number of furan rings is 1. The van der Waals surface area contributed by atoms with Gasteiger partial charge in [-0.25, -0.2) is 0 Å². The summed E-state index contributed by atoms with van der Waals surface area (Å²) < 4.78 is 5.64. The van der Waals surface area contributed by atoms with E-state index in [2.05, 4.69) is 47.5 Å². The Kier molecular flexibility index (Phi) is 3.67. The highest BCUT2D eigenvalue weighted by molar-refractivity contribution is 5.30. The number of rotatable bonds is 5. The Balaban J connectivity index is 1.66. The molecule has 1 N–H and O–H groups in total. The molecule has 1 aromatic heterocycles. The Morgan fingerprint density at radius 3 is 2.58 bits per heavy atom. The number of fused-ring (bicyclic) bond motifs is 1. The molecule has 0 amide bonds. The van der Waals surface area contributed by atoms with Gasteiger partial charge in [0.05, 0.1) is 12.8 Å². The van der Waals surface area contributed by atoms with Gasteiger partial charge < -0.3 is 9.73 Å². The number of hydrogen-bond acceptors (Lipinski definition) is 3. The fourth-order valence-electron chi connectivity index (χ4n) is 2.64. The number of nitrogens with zero attached hydrogens (tertiary/aromatic N) is 1. The first kappa shape index (κ1) is 12.5. The van der Waals surface area contributed by atoms with E-state index in [-0.39, 0.29) is 0 Å². The van der Waals surface area contributed by atoms with E-state index in [0.29, 0.717) is 0 Å². The Morgan fingerprint density at radius 1 is 1.16 bits per heavy atom. The van der Waals surface area contributed by atoms with Crippen molar-refractivity contribution in [2.75, 3.05) is 6.54 Å². The van der Waals surface area contributed by atoms with E-state index < -0.39 is 0 Å². The molecule has 3 heteroatoms. The molecule has 1 aliphatic heterocycles. The second-order valence-corrected chi connectivity index (χ2v) is 5.06. The SMILES string of the molecule is CCNCc1ccoc1CN1Cc2ccccc2C1. The smallest absolute Gasteiger partial charge is 0.122 e. The standard InChI is InChI=1S/C16H20N2O/c1-2-17-9-13-7-8-19-16(13)12-18-10-14-5-3-4-6-15(14)11-18/h3-8,17H,2,9-12H2,1H3. The largest absolute Gasteiger partial charge is 0.468 e. The summed E-state index contributed by atoms with van der Waals surface area (Å²) in [7, 11) is 0. The van der Waals surface area contributed by atoms with Crippen LogP contribution in [0.1, 0.15) is 29.4 Å². The Bertz CT molecular complexity index is 522. The quantitative estimate of drug-likeness (QED) is 0.891. The molecule has 3 rings (SSSR count). The molecule has 2 aromatic rings. The Hall–Kier alpha value is -1.58. The summed E-state index contributed by atoms with van der Waals surface area (Å²) in [6.45, 7) is 6.94. The highest BCUT2D eigenvalue weighted by Gasteiger charge is 2.20. The zero-order valence-electron chi connectivity index (χ0n) is 11.4. The molecule has 0 aliphatic carbocycles. The topological polar surface area (TPSA) is 28.4 Å². The number of hydrogen-bond donors (Lipinski definition) is 1. The maximum atomic E-state index is 5.64. The third-order valence-electron chi connectivity index (χ3n) is 3.68. The first-order chi connectivity index (χ1) is 9.36. The second kappa shape index (κ2) is 5.59. The molecule has 19 heavy (non-hydrogen) atoms. The van der Waals surface area contributed by atoms with Gasteiger partial charge in [0.1, 0.15) is 5.76 Å². The van der Waals surface area contributed by atoms with Gasteiger partial charge in [0.15, 0.2) is 0 Å². The van der Waals surface area contributed by atoms with Crippen LogP contribution in [-0.4, -0.2) is 11.4 Å². The van der Waals surface area contributed by atoms with Crippen LogP contribution in [0.3, 0.4) is 0 Å². The lowest BCUT2D eigenvalue weighted by Gasteiger charge is -2.14. The van der Waals surface area contributed by atoms with E-state index in [4.69, 9.17) is 4.42 Å². The first-order valence-corrected chi connectivity index (χ1v) is 6.92. The molecule has 0 unspecified atom stereocenters. The van der Waals surface area contributed by atoms with Gasteiger partial charge in [-0.05, 0) is 23.7 Å². The van der Waals surface area contributed by atoms with Gasteiger partial charge in [0, 0.05) is 25.2 Å². The zero-order chi connectivity index (χ0) is 13.1. The van der Waals surface area contributed by atoms with E-state index in [1.807, 2.05) is 0 Å². The average Bonchev–Trinajstić information content (AvgIpc) is 3.02. The molecular weight excluding hydrogens is 236 g/mol. The minimum Gasteiger partial charge on any atom is -0.468 e. The predicted molar refractivity (Wildman–Crippen MR) is 75.5 cm³/mol. The average molecular weight is 256 g/mol. The molecule has 1 aliphatic rings. The fraction of sp³-hybridized carbons (Fsp3) is 0.375. The zero-order valence-corrected chi connectivity index (χ0v) is 11.4. The minimum absolute atomic E-state index is 0.891. The molecule has 2 heterocycles. The lowest BCUT2D eigenvalue weighted by Crippen LogP contribution is -2.18. The third-order valence-corrected chi connectivity index (χ3v) is 3.68. The molecule has 100 valence electrons. The van der Waals surface area contributed by atoms with Crippen molar-refractivity contribution >= 4 is 0 Å². The van der Waals surface area contributed by atoms with E-state index in [9.17, 15) is 0 Å². The Morgan fingerprint density at radius 2 is 1.89 bits per heavy atom. The summed E-state index contributed by atoms with van der Waals surface area (Å²) in [5.41, 5.74) is 4.17. The van der Waals surface area contributed by atoms with Crippen LogP contribution in [0.2, 0.25) is 0 Å². The summed E-state index contributed by atoms with van der Waals surface area (Å²) in [6.07, 6.45) is 1.80. The van der Waals surface area contributed by atoms with E-state index in [1.165, 1.54) is 16.7 Å². The van der Waals surface area contributed by atoms with Crippen LogP contribution in [0.25, 0.3) is 0 Å². The van der Waals surface area contributed by atoms with Crippen molar-refractivity contribution in [1.29, 1.82) is 0 Å². The molecule has 0 atom stereocenters. The van der Waals surface area contributed by atoms with Gasteiger partial charge in [-0.15, -0.1) is 0 Å². The van der Waals surface area contributed by atoms with Crippen LogP contribution < -0.4 is 5.32 Å². The van der Waals surface area contributed by atoms with Crippen LogP contribution >= 0.6 is 0 Å². The van der Waals surface area contributed by atoms with Crippen molar-refractivity contribution in [1.82, 2.24) is 10.2 Å². The van der Waals surface area contributed by atoms with Crippen molar-refractivity contribution in [2.45, 2.75) is 33.1 Å². The van der Waals surface area contributed by atoms with Gasteiger partial charge in [-0.2, -0.15) is 0 Å². The lowest BCUT2D eigenvalue weighted by molar-refractivity contribution is 0.249. The highest BCUT2D eigenvalue weighted by atomic mass is 16.3. The second-order valence-electron chi connectivity index (χ2n) is 5.06. The molecular formula is C16H20N2O. The van der Waals surface area contributed by atoms with Crippen molar-refractivity contribution in [3.8, 4) is 0 Å². The summed E-state index contributed by atoms with van der Waals surface area (Å²) in [5, 5.41) is 3.35. The van der Waals surface area contributed by atoms with Crippen LogP contribution in [0.5, 0.6) is 0 Å². The summed E-state index contributed by atoms with van der Waals surface area (Å²) in [4.78, 5) is 2.43. The highest BCUT2D eigenvalue weighted by Crippen LogP contribution is 2.25. The maximum absolute atomic E-state index is 5.64. The Labute approximate surface area is 114 Å². The summed E-state index contributed by atoms with van der Waals surface area (Å²) in [6, 6.07) is 10.7. The van der Waals surface area contributed by atoms with Crippen LogP contribution in [0.15, 0.2) is 41.0 Å². The first-order valence-electron chi connectivity index (χ1n) is 6.92. The third kappa shape index (κ3) is 2.72.